The van der Waals surface area contributed by atoms with E-state index in [0.29, 0.717) is 32.8 Å². The van der Waals surface area contributed by atoms with Crippen LogP contribution in [0.25, 0.3) is 0 Å². The zero-order chi connectivity index (χ0) is 17.6. The van der Waals surface area contributed by atoms with Gasteiger partial charge in [0, 0.05) is 13.1 Å². The van der Waals surface area contributed by atoms with Crippen LogP contribution in [0.3, 0.4) is 0 Å². The number of benzene rings is 2. The van der Waals surface area contributed by atoms with Gasteiger partial charge in [0.2, 0.25) is 5.91 Å². The highest BCUT2D eigenvalue weighted by Crippen LogP contribution is 2.31. The summed E-state index contributed by atoms with van der Waals surface area (Å²) >= 11 is 0. The Balaban J connectivity index is 1.77. The maximum atomic E-state index is 12.7. The molecule has 0 spiro atoms. The molecule has 0 atom stereocenters. The first-order valence-corrected chi connectivity index (χ1v) is 8.47. The Bertz CT molecular complexity index is 716. The fourth-order valence-corrected chi connectivity index (χ4v) is 2.81. The number of likely N-dealkylation sites (N-methyl/N-ethyl adjacent to an activating group) is 1. The van der Waals surface area contributed by atoms with Gasteiger partial charge in [-0.25, -0.2) is 0 Å². The second kappa shape index (κ2) is 8.03. The van der Waals surface area contributed by atoms with Gasteiger partial charge in [-0.05, 0) is 37.4 Å². The van der Waals surface area contributed by atoms with Crippen LogP contribution in [0.15, 0.2) is 48.5 Å². The lowest BCUT2D eigenvalue weighted by Gasteiger charge is -2.25. The molecule has 5 nitrogen and oxygen atoms in total. The second-order valence-electron chi connectivity index (χ2n) is 6.45. The van der Waals surface area contributed by atoms with Crippen molar-refractivity contribution in [3.05, 3.63) is 59.7 Å². The maximum absolute atomic E-state index is 12.7. The third kappa shape index (κ3) is 4.73. The minimum absolute atomic E-state index is 0.101. The Morgan fingerprint density at radius 1 is 0.920 bits per heavy atom. The van der Waals surface area contributed by atoms with Gasteiger partial charge in [-0.2, -0.15) is 0 Å². The molecule has 0 radical (unpaired) electrons. The number of fused-ring (bicyclic) bond motifs is 1. The van der Waals surface area contributed by atoms with Gasteiger partial charge in [0.05, 0.1) is 6.54 Å². The molecule has 1 amide bonds. The zero-order valence-corrected chi connectivity index (χ0v) is 14.8. The smallest absolute Gasteiger partial charge is 0.237 e. The Hall–Kier alpha value is -2.53. The Morgan fingerprint density at radius 2 is 1.60 bits per heavy atom. The van der Waals surface area contributed by atoms with Gasteiger partial charge in [0.15, 0.2) is 11.5 Å². The summed E-state index contributed by atoms with van der Waals surface area (Å²) in [4.78, 5) is 16.4. The molecule has 0 aromatic heterocycles. The van der Waals surface area contributed by atoms with Gasteiger partial charge in [-0.3, -0.25) is 4.79 Å². The standard InChI is InChI=1S/C20H24N2O3/c1-21(2)15-20(23)22(13-16-6-4-3-5-7-16)14-17-8-9-18-19(12-17)25-11-10-24-18/h3-9,12H,10-11,13-15H2,1-2H3. The van der Waals surface area contributed by atoms with Crippen molar-refractivity contribution in [2.24, 2.45) is 0 Å². The van der Waals surface area contributed by atoms with E-state index in [2.05, 4.69) is 0 Å². The first kappa shape index (κ1) is 17.3. The van der Waals surface area contributed by atoms with Crippen LogP contribution in [0.2, 0.25) is 0 Å². The molecule has 3 rings (SSSR count). The van der Waals surface area contributed by atoms with Gasteiger partial charge < -0.3 is 19.3 Å². The highest BCUT2D eigenvalue weighted by atomic mass is 16.6. The third-order valence-electron chi connectivity index (χ3n) is 4.00. The van der Waals surface area contributed by atoms with Gasteiger partial charge in [0.1, 0.15) is 13.2 Å². The number of rotatable bonds is 6. The molecule has 0 aliphatic carbocycles. The van der Waals surface area contributed by atoms with Gasteiger partial charge in [-0.1, -0.05) is 36.4 Å². The number of ether oxygens (including phenoxy) is 2. The van der Waals surface area contributed by atoms with Crippen molar-refractivity contribution in [2.75, 3.05) is 33.9 Å². The van der Waals surface area contributed by atoms with E-state index in [9.17, 15) is 4.79 Å². The van der Waals surface area contributed by atoms with Crippen LogP contribution in [0.5, 0.6) is 11.5 Å². The molecule has 5 heteroatoms. The lowest BCUT2D eigenvalue weighted by atomic mass is 10.1. The van der Waals surface area contributed by atoms with Gasteiger partial charge >= 0.3 is 0 Å². The monoisotopic (exact) mass is 340 g/mol. The predicted octanol–water partition coefficient (Wildman–Crippen LogP) is 2.55. The van der Waals surface area contributed by atoms with Crippen molar-refractivity contribution in [3.63, 3.8) is 0 Å². The summed E-state index contributed by atoms with van der Waals surface area (Å²) in [5, 5.41) is 0. The largest absolute Gasteiger partial charge is 0.486 e. The minimum atomic E-state index is 0.101. The zero-order valence-electron chi connectivity index (χ0n) is 14.8. The first-order chi connectivity index (χ1) is 12.1. The van der Waals surface area contributed by atoms with Gasteiger partial charge in [0.25, 0.3) is 0 Å². The van der Waals surface area contributed by atoms with Crippen LogP contribution in [-0.2, 0) is 17.9 Å². The number of carbonyl (C=O) groups excluding carboxylic acids is 1. The predicted molar refractivity (Wildman–Crippen MR) is 96.7 cm³/mol. The molecule has 1 aliphatic rings. The van der Waals surface area contributed by atoms with Crippen LogP contribution >= 0.6 is 0 Å². The summed E-state index contributed by atoms with van der Waals surface area (Å²) in [5.41, 5.74) is 2.15. The molecule has 0 saturated carbocycles. The summed E-state index contributed by atoms with van der Waals surface area (Å²) in [6.45, 7) is 2.65. The van der Waals surface area contributed by atoms with Crippen LogP contribution in [-0.4, -0.2) is 49.6 Å². The molecule has 2 aromatic rings. The molecule has 0 saturated heterocycles. The number of carbonyl (C=O) groups is 1. The summed E-state index contributed by atoms with van der Waals surface area (Å²) in [5.74, 6) is 1.62. The highest BCUT2D eigenvalue weighted by molar-refractivity contribution is 5.78. The van der Waals surface area contributed by atoms with Crippen molar-refractivity contribution in [1.29, 1.82) is 0 Å². The normalized spacial score (nSPS) is 12.9. The lowest BCUT2D eigenvalue weighted by molar-refractivity contribution is -0.133. The van der Waals surface area contributed by atoms with Crippen LogP contribution < -0.4 is 9.47 Å². The van der Waals surface area contributed by atoms with E-state index in [-0.39, 0.29) is 5.91 Å². The molecular weight excluding hydrogens is 316 g/mol. The topological polar surface area (TPSA) is 42.0 Å². The van der Waals surface area contributed by atoms with E-state index < -0.39 is 0 Å². The van der Waals surface area contributed by atoms with Crippen LogP contribution in [0.4, 0.5) is 0 Å². The van der Waals surface area contributed by atoms with E-state index >= 15 is 0 Å². The fraction of sp³-hybridized carbons (Fsp3) is 0.350. The highest BCUT2D eigenvalue weighted by Gasteiger charge is 2.17. The van der Waals surface area contributed by atoms with Crippen LogP contribution in [0.1, 0.15) is 11.1 Å². The second-order valence-corrected chi connectivity index (χ2v) is 6.45. The Kier molecular flexibility index (Phi) is 5.56. The average Bonchev–Trinajstić information content (AvgIpc) is 2.61. The molecule has 132 valence electrons. The number of amides is 1. The summed E-state index contributed by atoms with van der Waals surface area (Å²) in [6, 6.07) is 15.9. The first-order valence-electron chi connectivity index (χ1n) is 8.47. The van der Waals surface area contributed by atoms with E-state index in [1.165, 1.54) is 0 Å². The molecular formula is C20H24N2O3. The van der Waals surface area contributed by atoms with E-state index in [4.69, 9.17) is 9.47 Å². The molecule has 0 N–H and O–H groups in total. The van der Waals surface area contributed by atoms with Crippen molar-refractivity contribution >= 4 is 5.91 Å². The molecule has 0 bridgehead atoms. The van der Waals surface area contributed by atoms with E-state index in [0.717, 1.165) is 22.6 Å². The maximum Gasteiger partial charge on any atom is 0.237 e. The summed E-state index contributed by atoms with van der Waals surface area (Å²) in [6.07, 6.45) is 0. The lowest BCUT2D eigenvalue weighted by Crippen LogP contribution is -2.37. The van der Waals surface area contributed by atoms with Crippen molar-refractivity contribution in [2.45, 2.75) is 13.1 Å². The van der Waals surface area contributed by atoms with E-state index in [1.807, 2.05) is 72.4 Å². The summed E-state index contributed by atoms with van der Waals surface area (Å²) < 4.78 is 11.2. The number of hydrogen-bond donors (Lipinski definition) is 0. The Morgan fingerprint density at radius 3 is 2.32 bits per heavy atom. The van der Waals surface area contributed by atoms with Crippen LogP contribution in [0, 0.1) is 0 Å². The number of hydrogen-bond acceptors (Lipinski definition) is 4. The van der Waals surface area contributed by atoms with Crippen molar-refractivity contribution in [3.8, 4) is 11.5 Å². The third-order valence-corrected chi connectivity index (χ3v) is 4.00. The fourth-order valence-electron chi connectivity index (χ4n) is 2.81. The SMILES string of the molecule is CN(C)CC(=O)N(Cc1ccccc1)Cc1ccc2c(c1)OCCO2. The van der Waals surface area contributed by atoms with E-state index in [1.54, 1.807) is 0 Å². The molecule has 1 heterocycles. The van der Waals surface area contributed by atoms with Crippen molar-refractivity contribution < 1.29 is 14.3 Å². The molecule has 0 fully saturated rings. The van der Waals surface area contributed by atoms with Gasteiger partial charge in [-0.15, -0.1) is 0 Å². The molecule has 0 unspecified atom stereocenters. The molecule has 2 aromatic carbocycles. The quantitative estimate of drug-likeness (QED) is 0.810. The molecule has 1 aliphatic heterocycles. The Labute approximate surface area is 148 Å². The van der Waals surface area contributed by atoms with Crippen molar-refractivity contribution in [1.82, 2.24) is 9.80 Å². The number of nitrogens with zero attached hydrogens (tertiary/aromatic N) is 2. The average molecular weight is 340 g/mol. The molecule has 25 heavy (non-hydrogen) atoms. The summed E-state index contributed by atoms with van der Waals surface area (Å²) in [7, 11) is 3.81. The minimum Gasteiger partial charge on any atom is -0.486 e.